The summed E-state index contributed by atoms with van der Waals surface area (Å²) in [6, 6.07) is 0. The summed E-state index contributed by atoms with van der Waals surface area (Å²) >= 11 is 0. The van der Waals surface area contributed by atoms with Gasteiger partial charge in [-0.05, 0) is 6.42 Å². The number of amides is 1. The van der Waals surface area contributed by atoms with Gasteiger partial charge in [-0.25, -0.2) is 8.42 Å². The summed E-state index contributed by atoms with van der Waals surface area (Å²) in [6.45, 7) is 6.03. The molecule has 1 aliphatic heterocycles. The van der Waals surface area contributed by atoms with Crippen LogP contribution in [0.15, 0.2) is 0 Å². The molecule has 1 amide bonds. The zero-order chi connectivity index (χ0) is 24.6. The highest BCUT2D eigenvalue weighted by Crippen LogP contribution is 2.13. The van der Waals surface area contributed by atoms with Crippen LogP contribution >= 0.6 is 0 Å². The monoisotopic (exact) mass is 491 g/mol. The summed E-state index contributed by atoms with van der Waals surface area (Å²) in [5, 5.41) is 6.21. The van der Waals surface area contributed by atoms with Gasteiger partial charge in [0.1, 0.15) is 19.6 Å². The molecule has 2 N–H and O–H groups in total. The molecule has 8 nitrogen and oxygen atoms in total. The second-order valence-corrected chi connectivity index (χ2v) is 9.89. The summed E-state index contributed by atoms with van der Waals surface area (Å²) in [4.78, 5) is 11.8. The van der Waals surface area contributed by atoms with Gasteiger partial charge in [0.2, 0.25) is 22.6 Å². The van der Waals surface area contributed by atoms with Gasteiger partial charge >= 0.3 is 0 Å². The van der Waals surface area contributed by atoms with Crippen molar-refractivity contribution in [3.05, 3.63) is 0 Å². The Morgan fingerprint density at radius 1 is 0.939 bits per heavy atom. The minimum absolute atomic E-state index is 0.219. The van der Waals surface area contributed by atoms with Crippen molar-refractivity contribution in [2.45, 2.75) is 110 Å². The molecular formula is C24H49N3O5S. The van der Waals surface area contributed by atoms with E-state index in [0.29, 0.717) is 6.42 Å². The molecule has 1 heterocycles. The lowest BCUT2D eigenvalue weighted by Crippen LogP contribution is -2.30. The van der Waals surface area contributed by atoms with Gasteiger partial charge in [0.15, 0.2) is 0 Å². The Morgan fingerprint density at radius 3 is 1.79 bits per heavy atom. The van der Waals surface area contributed by atoms with Crippen molar-refractivity contribution >= 4 is 22.6 Å². The van der Waals surface area contributed by atoms with Crippen molar-refractivity contribution < 1.29 is 26.5 Å². The fourth-order valence-electron chi connectivity index (χ4n) is 3.73. The van der Waals surface area contributed by atoms with E-state index >= 15 is 0 Å². The van der Waals surface area contributed by atoms with Crippen LogP contribution in [0.3, 0.4) is 0 Å². The predicted octanol–water partition coefficient (Wildman–Crippen LogP) is 4.10. The maximum atomic E-state index is 11.8. The second-order valence-electron chi connectivity index (χ2n) is 8.74. The molecule has 0 spiro atoms. The largest absolute Gasteiger partial charge is 0.726 e. The fraction of sp³-hybridized carbons (Fsp3) is 0.917. The van der Waals surface area contributed by atoms with Crippen molar-refractivity contribution in [1.82, 2.24) is 10.6 Å². The van der Waals surface area contributed by atoms with Gasteiger partial charge in [0.05, 0.1) is 13.7 Å². The Kier molecular flexibility index (Phi) is 21.8. The molecule has 196 valence electrons. The summed E-state index contributed by atoms with van der Waals surface area (Å²) in [5.41, 5.74) is 0. The van der Waals surface area contributed by atoms with E-state index in [0.717, 1.165) is 39.7 Å². The van der Waals surface area contributed by atoms with E-state index in [2.05, 4.69) is 26.3 Å². The Bertz CT molecular complexity index is 597. The van der Waals surface area contributed by atoms with Gasteiger partial charge in [0, 0.05) is 6.42 Å². The molecule has 0 fully saturated rings. The quantitative estimate of drug-likeness (QED) is 0.115. The summed E-state index contributed by atoms with van der Waals surface area (Å²) in [6.07, 6.45) is 23.2. The highest BCUT2D eigenvalue weighted by atomic mass is 32.3. The number of unbranched alkanes of at least 4 members (excludes halogenated alkanes) is 14. The van der Waals surface area contributed by atoms with Crippen molar-refractivity contribution in [2.75, 3.05) is 33.3 Å². The van der Waals surface area contributed by atoms with Crippen LogP contribution in [0.2, 0.25) is 0 Å². The van der Waals surface area contributed by atoms with Gasteiger partial charge in [-0.3, -0.25) is 18.9 Å². The molecule has 1 rings (SSSR count). The molecule has 1 aliphatic rings. The van der Waals surface area contributed by atoms with Crippen LogP contribution in [-0.2, 0) is 19.4 Å². The molecule has 0 aromatic heterocycles. The average molecular weight is 492 g/mol. The molecule has 33 heavy (non-hydrogen) atoms. The van der Waals surface area contributed by atoms with Gasteiger partial charge in [-0.2, -0.15) is 0 Å². The third-order valence-corrected chi connectivity index (χ3v) is 6.16. The second kappa shape index (κ2) is 22.6. The van der Waals surface area contributed by atoms with Crippen LogP contribution in [0, 0.1) is 0 Å². The van der Waals surface area contributed by atoms with E-state index in [9.17, 15) is 17.8 Å². The van der Waals surface area contributed by atoms with Crippen LogP contribution in [0.4, 0.5) is 0 Å². The van der Waals surface area contributed by atoms with E-state index < -0.39 is 10.4 Å². The molecule has 0 aromatic carbocycles. The van der Waals surface area contributed by atoms with Crippen molar-refractivity contribution in [1.29, 1.82) is 0 Å². The number of rotatable bonds is 20. The molecule has 9 heteroatoms. The molecule has 0 atom stereocenters. The van der Waals surface area contributed by atoms with Gasteiger partial charge in [-0.1, -0.05) is 96.8 Å². The molecule has 0 radical (unpaired) electrons. The van der Waals surface area contributed by atoms with Crippen molar-refractivity contribution in [3.63, 3.8) is 0 Å². The fourth-order valence-corrected chi connectivity index (χ4v) is 3.73. The Labute approximate surface area is 202 Å². The third kappa shape index (κ3) is 25.3. The van der Waals surface area contributed by atoms with Crippen molar-refractivity contribution in [3.8, 4) is 0 Å². The summed E-state index contributed by atoms with van der Waals surface area (Å²) in [7, 11) is -3.60. The first-order valence-corrected chi connectivity index (χ1v) is 14.3. The molecule has 0 unspecified atom stereocenters. The third-order valence-electron chi connectivity index (χ3n) is 5.75. The minimum atomic E-state index is -4.41. The molecular weight excluding hydrogens is 442 g/mol. The van der Waals surface area contributed by atoms with Crippen molar-refractivity contribution in [2.24, 2.45) is 0 Å². The first-order chi connectivity index (χ1) is 15.9. The van der Waals surface area contributed by atoms with E-state index in [1.807, 2.05) is 6.34 Å². The van der Waals surface area contributed by atoms with Gasteiger partial charge < -0.3 is 9.87 Å². The molecule has 0 saturated carbocycles. The van der Waals surface area contributed by atoms with Crippen LogP contribution in [0.5, 0.6) is 0 Å². The minimum Gasteiger partial charge on any atom is -0.726 e. The summed E-state index contributed by atoms with van der Waals surface area (Å²) in [5.74, 6) is 0.219. The summed E-state index contributed by atoms with van der Waals surface area (Å²) < 4.78 is 33.2. The molecule has 0 bridgehead atoms. The van der Waals surface area contributed by atoms with E-state index in [1.54, 1.807) is 0 Å². The topological polar surface area (TPSA) is 111 Å². The molecule has 0 aliphatic carbocycles. The number of carbonyl (C=O) groups excluding carboxylic acids is 1. The zero-order valence-corrected chi connectivity index (χ0v) is 21.9. The number of nitrogens with one attached hydrogen (secondary N) is 2. The van der Waals surface area contributed by atoms with E-state index in [4.69, 9.17) is 0 Å². The lowest BCUT2D eigenvalue weighted by Gasteiger charge is -2.05. The smallest absolute Gasteiger partial charge is 0.232 e. The van der Waals surface area contributed by atoms with Gasteiger partial charge in [0.25, 0.3) is 0 Å². The SMILES string of the molecule is CCCCCCCCCCCCCCCCCC(=O)NCC[N+]1=CNCC1.COS(=O)(=O)[O-]. The zero-order valence-electron chi connectivity index (χ0n) is 21.1. The van der Waals surface area contributed by atoms with Crippen LogP contribution in [0.1, 0.15) is 110 Å². The normalized spacial score (nSPS) is 13.1. The lowest BCUT2D eigenvalue weighted by atomic mass is 10.0. The first kappa shape index (κ1) is 31.8. The number of carbonyl (C=O) groups is 1. The Hall–Kier alpha value is -1.19. The average Bonchev–Trinajstić information content (AvgIpc) is 3.30. The van der Waals surface area contributed by atoms with Crippen LogP contribution in [-0.4, -0.2) is 63.1 Å². The lowest BCUT2D eigenvalue weighted by molar-refractivity contribution is -0.511. The van der Waals surface area contributed by atoms with E-state index in [1.165, 1.54) is 89.9 Å². The number of nitrogens with zero attached hydrogens (tertiary/aromatic N) is 1. The standard InChI is InChI=1S/C23H45N3O.CH4O4S/c1-2-3-4-5-6-7-8-9-10-11-12-13-14-15-16-17-23(27)25-19-21-26-20-18-24-22-26;1-5-6(2,3)4/h22H,2-21H2,1H3,(H,25,27);1H3,(H,2,3,4). The van der Waals surface area contributed by atoms with Gasteiger partial charge in [-0.15, -0.1) is 0 Å². The predicted molar refractivity (Wildman–Crippen MR) is 133 cm³/mol. The highest BCUT2D eigenvalue weighted by Gasteiger charge is 2.08. The maximum Gasteiger partial charge on any atom is 0.232 e. The van der Waals surface area contributed by atoms with Crippen LogP contribution < -0.4 is 10.6 Å². The number of hydrogen-bond acceptors (Lipinski definition) is 6. The first-order valence-electron chi connectivity index (χ1n) is 13.0. The Balaban J connectivity index is 0.00000150. The van der Waals surface area contributed by atoms with E-state index in [-0.39, 0.29) is 5.91 Å². The molecule has 0 saturated heterocycles. The highest BCUT2D eigenvalue weighted by molar-refractivity contribution is 7.80. The maximum absolute atomic E-state index is 11.8. The Morgan fingerprint density at radius 2 is 1.39 bits per heavy atom. The van der Waals surface area contributed by atoms with Crippen LogP contribution in [0.25, 0.3) is 0 Å². The number of hydrogen-bond donors (Lipinski definition) is 2. The molecule has 0 aromatic rings.